The molecule has 25 heavy (non-hydrogen) atoms. The van der Waals surface area contributed by atoms with Crippen LogP contribution in [0.15, 0.2) is 54.9 Å². The van der Waals surface area contributed by atoms with Crippen molar-refractivity contribution in [2.45, 2.75) is 13.0 Å². The van der Waals surface area contributed by atoms with Gasteiger partial charge in [-0.2, -0.15) is 0 Å². The van der Waals surface area contributed by atoms with Crippen LogP contribution in [0.4, 0.5) is 10.2 Å². The molecule has 128 valence electrons. The number of anilines is 1. The molecule has 2 aromatic heterocycles. The highest BCUT2D eigenvalue weighted by atomic mass is 19.1. The van der Waals surface area contributed by atoms with E-state index in [2.05, 4.69) is 15.0 Å². The summed E-state index contributed by atoms with van der Waals surface area (Å²) in [5.41, 5.74) is 2.32. The number of aryl methyl sites for hydroxylation is 1. The molecule has 0 radical (unpaired) electrons. The van der Waals surface area contributed by atoms with Crippen LogP contribution in [0.5, 0.6) is 0 Å². The minimum atomic E-state index is -0.747. The summed E-state index contributed by atoms with van der Waals surface area (Å²) >= 11 is 0. The number of hydrogen-bond acceptors (Lipinski definition) is 5. The quantitative estimate of drug-likeness (QED) is 0.774. The minimum absolute atomic E-state index is 0.322. The Bertz CT molecular complexity index is 840. The van der Waals surface area contributed by atoms with Gasteiger partial charge in [-0.15, -0.1) is 0 Å². The van der Waals surface area contributed by atoms with E-state index in [1.807, 2.05) is 37.1 Å². The molecule has 0 fully saturated rings. The van der Waals surface area contributed by atoms with E-state index in [1.165, 1.54) is 12.1 Å². The van der Waals surface area contributed by atoms with Crippen molar-refractivity contribution in [1.82, 2.24) is 15.0 Å². The Hall–Kier alpha value is -2.86. The fourth-order valence-electron chi connectivity index (χ4n) is 2.51. The van der Waals surface area contributed by atoms with E-state index in [1.54, 1.807) is 24.5 Å². The predicted molar refractivity (Wildman–Crippen MR) is 94.6 cm³/mol. The number of halogens is 1. The van der Waals surface area contributed by atoms with Crippen molar-refractivity contribution in [3.63, 3.8) is 0 Å². The SMILES string of the molecule is Cc1cc(N(C)C[C@H](O)c2ccc(F)cc2)nc(-c2cccnc2)n1. The van der Waals surface area contributed by atoms with E-state index in [0.717, 1.165) is 11.3 Å². The molecular weight excluding hydrogens is 319 g/mol. The Balaban J connectivity index is 1.81. The van der Waals surface area contributed by atoms with Gasteiger partial charge in [-0.25, -0.2) is 14.4 Å². The second-order valence-corrected chi connectivity index (χ2v) is 5.88. The van der Waals surface area contributed by atoms with E-state index < -0.39 is 6.10 Å². The molecule has 0 aliphatic carbocycles. The molecular formula is C19H19FN4O. The molecule has 2 heterocycles. The number of hydrogen-bond donors (Lipinski definition) is 1. The molecule has 0 bridgehead atoms. The Kier molecular flexibility index (Phi) is 5.00. The standard InChI is InChI=1S/C19H19FN4O/c1-13-10-18(23-19(22-13)15-4-3-9-21-11-15)24(2)12-17(25)14-5-7-16(20)8-6-14/h3-11,17,25H,12H2,1-2H3/t17-/m0/s1. The van der Waals surface area contributed by atoms with Gasteiger partial charge >= 0.3 is 0 Å². The molecule has 0 aliphatic heterocycles. The Labute approximate surface area is 145 Å². The van der Waals surface area contributed by atoms with Crippen LogP contribution in [0.1, 0.15) is 17.4 Å². The molecule has 3 aromatic rings. The van der Waals surface area contributed by atoms with Gasteiger partial charge in [0, 0.05) is 43.3 Å². The lowest BCUT2D eigenvalue weighted by Crippen LogP contribution is -2.25. The number of rotatable bonds is 5. The van der Waals surface area contributed by atoms with E-state index in [0.29, 0.717) is 23.8 Å². The van der Waals surface area contributed by atoms with E-state index >= 15 is 0 Å². The molecule has 1 N–H and O–H groups in total. The first-order valence-electron chi connectivity index (χ1n) is 7.93. The lowest BCUT2D eigenvalue weighted by molar-refractivity contribution is 0.184. The van der Waals surface area contributed by atoms with Gasteiger partial charge in [0.1, 0.15) is 11.6 Å². The van der Waals surface area contributed by atoms with Crippen molar-refractivity contribution >= 4 is 5.82 Å². The van der Waals surface area contributed by atoms with Crippen LogP contribution in [-0.2, 0) is 0 Å². The van der Waals surface area contributed by atoms with Crippen LogP contribution in [-0.4, -0.2) is 33.7 Å². The topological polar surface area (TPSA) is 62.1 Å². The number of aliphatic hydroxyl groups excluding tert-OH is 1. The van der Waals surface area contributed by atoms with E-state index in [-0.39, 0.29) is 5.82 Å². The average molecular weight is 338 g/mol. The van der Waals surface area contributed by atoms with E-state index in [4.69, 9.17) is 0 Å². The van der Waals surface area contributed by atoms with Gasteiger partial charge in [0.2, 0.25) is 0 Å². The molecule has 0 saturated carbocycles. The Morgan fingerprint density at radius 1 is 1.16 bits per heavy atom. The number of benzene rings is 1. The number of aromatic nitrogens is 3. The van der Waals surface area contributed by atoms with Crippen molar-refractivity contribution in [3.8, 4) is 11.4 Å². The third kappa shape index (κ3) is 4.16. The first kappa shape index (κ1) is 17.0. The van der Waals surface area contributed by atoms with Crippen LogP contribution in [0.2, 0.25) is 0 Å². The van der Waals surface area contributed by atoms with Gasteiger partial charge in [0.05, 0.1) is 6.10 Å². The molecule has 0 saturated heterocycles. The summed E-state index contributed by atoms with van der Waals surface area (Å²) in [6.07, 6.45) is 2.67. The van der Waals surface area contributed by atoms with Gasteiger partial charge in [-0.3, -0.25) is 4.98 Å². The summed E-state index contributed by atoms with van der Waals surface area (Å²) < 4.78 is 13.0. The fourth-order valence-corrected chi connectivity index (χ4v) is 2.51. The first-order chi connectivity index (χ1) is 12.0. The average Bonchev–Trinajstić information content (AvgIpc) is 2.62. The van der Waals surface area contributed by atoms with Crippen molar-refractivity contribution in [2.75, 3.05) is 18.5 Å². The molecule has 0 spiro atoms. The Morgan fingerprint density at radius 2 is 1.92 bits per heavy atom. The molecule has 0 unspecified atom stereocenters. The first-order valence-corrected chi connectivity index (χ1v) is 7.93. The maximum absolute atomic E-state index is 13.0. The predicted octanol–water partition coefficient (Wildman–Crippen LogP) is 3.16. The van der Waals surface area contributed by atoms with Gasteiger partial charge in [-0.05, 0) is 36.8 Å². The summed E-state index contributed by atoms with van der Waals surface area (Å²) in [5.74, 6) is 0.968. The molecule has 1 atom stereocenters. The zero-order valence-electron chi connectivity index (χ0n) is 14.1. The monoisotopic (exact) mass is 338 g/mol. The maximum Gasteiger partial charge on any atom is 0.163 e. The molecule has 5 nitrogen and oxygen atoms in total. The lowest BCUT2D eigenvalue weighted by Gasteiger charge is -2.22. The van der Waals surface area contributed by atoms with E-state index in [9.17, 15) is 9.50 Å². The molecule has 1 aromatic carbocycles. The van der Waals surface area contributed by atoms with Gasteiger partial charge in [0.15, 0.2) is 5.82 Å². The Morgan fingerprint density at radius 3 is 2.60 bits per heavy atom. The number of pyridine rings is 1. The van der Waals surface area contributed by atoms with Gasteiger partial charge in [0.25, 0.3) is 0 Å². The molecule has 6 heteroatoms. The zero-order chi connectivity index (χ0) is 17.8. The van der Waals surface area contributed by atoms with Gasteiger partial charge in [-0.1, -0.05) is 12.1 Å². The van der Waals surface area contributed by atoms with Crippen LogP contribution >= 0.6 is 0 Å². The highest BCUT2D eigenvalue weighted by Crippen LogP contribution is 2.21. The number of nitrogens with zero attached hydrogens (tertiary/aromatic N) is 4. The van der Waals surface area contributed by atoms with Crippen LogP contribution in [0, 0.1) is 12.7 Å². The highest BCUT2D eigenvalue weighted by Gasteiger charge is 2.14. The summed E-state index contributed by atoms with van der Waals surface area (Å²) in [5, 5.41) is 10.4. The summed E-state index contributed by atoms with van der Waals surface area (Å²) in [6.45, 7) is 2.23. The number of likely N-dealkylation sites (N-methyl/N-ethyl adjacent to an activating group) is 1. The van der Waals surface area contributed by atoms with Crippen molar-refractivity contribution in [1.29, 1.82) is 0 Å². The summed E-state index contributed by atoms with van der Waals surface area (Å²) in [7, 11) is 1.85. The lowest BCUT2D eigenvalue weighted by atomic mass is 10.1. The maximum atomic E-state index is 13.0. The van der Waals surface area contributed by atoms with Crippen LogP contribution < -0.4 is 4.90 Å². The van der Waals surface area contributed by atoms with Crippen molar-refractivity contribution in [2.24, 2.45) is 0 Å². The fraction of sp³-hybridized carbons (Fsp3) is 0.211. The summed E-state index contributed by atoms with van der Waals surface area (Å²) in [4.78, 5) is 15.0. The van der Waals surface area contributed by atoms with Crippen LogP contribution in [0.25, 0.3) is 11.4 Å². The van der Waals surface area contributed by atoms with Crippen molar-refractivity contribution < 1.29 is 9.50 Å². The highest BCUT2D eigenvalue weighted by molar-refractivity contribution is 5.56. The normalized spacial score (nSPS) is 12.0. The third-order valence-corrected chi connectivity index (χ3v) is 3.85. The van der Waals surface area contributed by atoms with Gasteiger partial charge < -0.3 is 10.0 Å². The second kappa shape index (κ2) is 7.36. The smallest absolute Gasteiger partial charge is 0.163 e. The minimum Gasteiger partial charge on any atom is -0.387 e. The molecule has 0 aliphatic rings. The number of aliphatic hydroxyl groups is 1. The third-order valence-electron chi connectivity index (χ3n) is 3.85. The zero-order valence-corrected chi connectivity index (χ0v) is 14.1. The molecule has 0 amide bonds. The molecule has 3 rings (SSSR count). The largest absolute Gasteiger partial charge is 0.387 e. The second-order valence-electron chi connectivity index (χ2n) is 5.88. The van der Waals surface area contributed by atoms with Crippen LogP contribution in [0.3, 0.4) is 0 Å². The summed E-state index contributed by atoms with van der Waals surface area (Å²) in [6, 6.07) is 11.4. The van der Waals surface area contributed by atoms with Crippen molar-refractivity contribution in [3.05, 3.63) is 71.9 Å².